The lowest BCUT2D eigenvalue weighted by atomic mass is 9.79. The van der Waals surface area contributed by atoms with Crippen molar-refractivity contribution in [3.05, 3.63) is 89.2 Å². The van der Waals surface area contributed by atoms with Crippen molar-refractivity contribution in [2.45, 2.75) is 63.7 Å². The molecule has 0 spiro atoms. The highest BCUT2D eigenvalue weighted by Crippen LogP contribution is 2.36. The number of hydrogen-bond acceptors (Lipinski definition) is 7. The van der Waals surface area contributed by atoms with Crippen LogP contribution in [0.25, 0.3) is 16.9 Å². The summed E-state index contributed by atoms with van der Waals surface area (Å²) in [5.41, 5.74) is -0.471. The Bertz CT molecular complexity index is 1720. The number of carbonyl (C=O) groups excluding carboxylic acids is 2. The van der Waals surface area contributed by atoms with Gasteiger partial charge >= 0.3 is 6.09 Å². The predicted octanol–water partition coefficient (Wildman–Crippen LogP) is 3.98. The summed E-state index contributed by atoms with van der Waals surface area (Å²) in [4.78, 5) is 52.6. The van der Waals surface area contributed by atoms with Gasteiger partial charge < -0.3 is 19.6 Å². The molecular formula is C34H40N6O5. The summed E-state index contributed by atoms with van der Waals surface area (Å²) in [7, 11) is 0. The topological polar surface area (TPSA) is 123 Å². The number of aliphatic hydroxyl groups is 1. The number of piperidine rings is 2. The maximum atomic E-state index is 14.0. The second kappa shape index (κ2) is 12.1. The van der Waals surface area contributed by atoms with Gasteiger partial charge in [-0.3, -0.25) is 18.7 Å². The molecule has 0 saturated carbocycles. The number of nitrogens with zero attached hydrogens (tertiary/aromatic N) is 6. The van der Waals surface area contributed by atoms with Crippen LogP contribution in [-0.2, 0) is 16.1 Å². The molecule has 4 aromatic rings. The summed E-state index contributed by atoms with van der Waals surface area (Å²) in [6, 6.07) is 17.1. The van der Waals surface area contributed by atoms with Crippen molar-refractivity contribution in [2.24, 2.45) is 5.92 Å². The molecule has 2 aliphatic rings. The lowest BCUT2D eigenvalue weighted by molar-refractivity contribution is -0.142. The molecule has 45 heavy (non-hydrogen) atoms. The van der Waals surface area contributed by atoms with Crippen LogP contribution in [0.4, 0.5) is 4.79 Å². The third kappa shape index (κ3) is 6.49. The van der Waals surface area contributed by atoms with Crippen molar-refractivity contribution in [1.29, 1.82) is 0 Å². The monoisotopic (exact) mass is 612 g/mol. The minimum Gasteiger partial charge on any atom is -0.444 e. The van der Waals surface area contributed by atoms with Crippen LogP contribution >= 0.6 is 0 Å². The van der Waals surface area contributed by atoms with Gasteiger partial charge in [0.1, 0.15) is 17.7 Å². The predicted molar refractivity (Wildman–Crippen MR) is 169 cm³/mol. The van der Waals surface area contributed by atoms with Gasteiger partial charge in [-0.05, 0) is 63.8 Å². The van der Waals surface area contributed by atoms with Crippen molar-refractivity contribution < 1.29 is 19.4 Å². The SMILES string of the molecule is CC(C)(C)OC(=O)N1CC[C@@H](C(=O)N2CCC(O)(Cn3cnc4c(ccn4-c4ccccn4)c3=O)CC2)[C@H](c2ccccc2)C1. The van der Waals surface area contributed by atoms with Crippen LogP contribution in [-0.4, -0.2) is 83.4 Å². The Labute approximate surface area is 262 Å². The quantitative estimate of drug-likeness (QED) is 0.362. The molecule has 0 bridgehead atoms. The Hall–Kier alpha value is -4.51. The Morgan fingerprint density at radius 3 is 2.40 bits per heavy atom. The molecule has 2 atom stereocenters. The summed E-state index contributed by atoms with van der Waals surface area (Å²) in [6.45, 7) is 7.22. The van der Waals surface area contributed by atoms with Crippen molar-refractivity contribution in [3.63, 3.8) is 0 Å². The molecule has 1 aromatic carbocycles. The Morgan fingerprint density at radius 1 is 0.978 bits per heavy atom. The molecule has 2 amide bonds. The first-order chi connectivity index (χ1) is 21.5. The normalized spacial score (nSPS) is 20.3. The first-order valence-electron chi connectivity index (χ1n) is 15.5. The van der Waals surface area contributed by atoms with Crippen LogP contribution in [0.2, 0.25) is 0 Å². The number of carbonyl (C=O) groups is 2. The fourth-order valence-corrected chi connectivity index (χ4v) is 6.48. The fraction of sp³-hybridized carbons (Fsp3) is 0.441. The van der Waals surface area contributed by atoms with Crippen LogP contribution in [0.1, 0.15) is 51.5 Å². The summed E-state index contributed by atoms with van der Waals surface area (Å²) in [5, 5.41) is 12.0. The average molecular weight is 613 g/mol. The van der Waals surface area contributed by atoms with Gasteiger partial charge in [-0.2, -0.15) is 0 Å². The van der Waals surface area contributed by atoms with E-state index in [1.54, 1.807) is 27.9 Å². The zero-order valence-corrected chi connectivity index (χ0v) is 26.0. The van der Waals surface area contributed by atoms with E-state index in [0.29, 0.717) is 62.3 Å². The summed E-state index contributed by atoms with van der Waals surface area (Å²) >= 11 is 0. The highest BCUT2D eigenvalue weighted by atomic mass is 16.6. The fourth-order valence-electron chi connectivity index (χ4n) is 6.48. The van der Waals surface area contributed by atoms with Gasteiger partial charge in [-0.1, -0.05) is 36.4 Å². The molecular weight excluding hydrogens is 572 g/mol. The van der Waals surface area contributed by atoms with Gasteiger partial charge in [-0.15, -0.1) is 0 Å². The van der Waals surface area contributed by atoms with E-state index in [2.05, 4.69) is 9.97 Å². The van der Waals surface area contributed by atoms with E-state index in [0.717, 1.165) is 5.56 Å². The second-order valence-corrected chi connectivity index (χ2v) is 13.2. The average Bonchev–Trinajstić information content (AvgIpc) is 3.47. The van der Waals surface area contributed by atoms with Crippen LogP contribution < -0.4 is 5.56 Å². The molecule has 2 saturated heterocycles. The van der Waals surface area contributed by atoms with E-state index in [1.165, 1.54) is 10.9 Å². The van der Waals surface area contributed by atoms with Gasteiger partial charge in [0.2, 0.25) is 5.91 Å². The van der Waals surface area contributed by atoms with E-state index >= 15 is 0 Å². The maximum Gasteiger partial charge on any atom is 0.410 e. The number of hydrogen-bond donors (Lipinski definition) is 1. The molecule has 0 unspecified atom stereocenters. The number of likely N-dealkylation sites (tertiary alicyclic amines) is 2. The van der Waals surface area contributed by atoms with Gasteiger partial charge in [-0.25, -0.2) is 14.8 Å². The molecule has 0 radical (unpaired) electrons. The van der Waals surface area contributed by atoms with E-state index in [4.69, 9.17) is 4.74 Å². The Kier molecular flexibility index (Phi) is 8.22. The zero-order chi connectivity index (χ0) is 31.8. The molecule has 2 fully saturated rings. The van der Waals surface area contributed by atoms with E-state index < -0.39 is 11.2 Å². The van der Waals surface area contributed by atoms with E-state index in [-0.39, 0.29) is 35.9 Å². The first kappa shape index (κ1) is 30.5. The van der Waals surface area contributed by atoms with Crippen LogP contribution in [0.15, 0.2) is 78.1 Å². The van der Waals surface area contributed by atoms with Crippen LogP contribution in [0.5, 0.6) is 0 Å². The number of ether oxygens (including phenoxy) is 1. The Balaban J connectivity index is 1.13. The molecule has 5 heterocycles. The minimum atomic E-state index is -1.15. The van der Waals surface area contributed by atoms with E-state index in [9.17, 15) is 19.5 Å². The third-order valence-electron chi connectivity index (χ3n) is 8.85. The number of rotatable bonds is 5. The molecule has 11 nitrogen and oxygen atoms in total. The van der Waals surface area contributed by atoms with Crippen molar-refractivity contribution in [2.75, 3.05) is 26.2 Å². The number of pyridine rings is 1. The smallest absolute Gasteiger partial charge is 0.410 e. The molecule has 11 heteroatoms. The second-order valence-electron chi connectivity index (χ2n) is 13.2. The lowest BCUT2D eigenvalue weighted by Gasteiger charge is -2.43. The van der Waals surface area contributed by atoms with Crippen molar-refractivity contribution in [1.82, 2.24) is 28.9 Å². The first-order valence-corrected chi connectivity index (χ1v) is 15.5. The third-order valence-corrected chi connectivity index (χ3v) is 8.85. The summed E-state index contributed by atoms with van der Waals surface area (Å²) in [6.07, 6.45) is 5.76. The number of benzene rings is 1. The summed E-state index contributed by atoms with van der Waals surface area (Å²) < 4.78 is 8.85. The summed E-state index contributed by atoms with van der Waals surface area (Å²) in [5.74, 6) is 0.230. The molecule has 6 rings (SSSR count). The van der Waals surface area contributed by atoms with Gasteiger partial charge in [0, 0.05) is 50.4 Å². The van der Waals surface area contributed by atoms with Gasteiger partial charge in [0.05, 0.1) is 17.5 Å². The Morgan fingerprint density at radius 2 is 1.71 bits per heavy atom. The highest BCUT2D eigenvalue weighted by Gasteiger charge is 2.42. The van der Waals surface area contributed by atoms with Crippen molar-refractivity contribution >= 4 is 23.0 Å². The number of amides is 2. The van der Waals surface area contributed by atoms with Crippen LogP contribution in [0, 0.1) is 5.92 Å². The molecule has 236 valence electrons. The number of aromatic nitrogens is 4. The maximum absolute atomic E-state index is 14.0. The molecule has 1 N–H and O–H groups in total. The minimum absolute atomic E-state index is 0.0332. The molecule has 2 aliphatic heterocycles. The van der Waals surface area contributed by atoms with Gasteiger partial charge in [0.25, 0.3) is 5.56 Å². The van der Waals surface area contributed by atoms with Gasteiger partial charge in [0.15, 0.2) is 5.65 Å². The highest BCUT2D eigenvalue weighted by molar-refractivity contribution is 5.81. The zero-order valence-electron chi connectivity index (χ0n) is 26.0. The largest absolute Gasteiger partial charge is 0.444 e. The number of fused-ring (bicyclic) bond motifs is 1. The van der Waals surface area contributed by atoms with Crippen molar-refractivity contribution in [3.8, 4) is 5.82 Å². The molecule has 3 aromatic heterocycles. The lowest BCUT2D eigenvalue weighted by Crippen LogP contribution is -2.53. The standard InChI is InChI=1S/C34H40N6O5/c1-33(2,3)45-32(43)38-17-12-25(27(21-38)24-9-5-4-6-10-24)30(41)37-19-14-34(44,15-20-37)22-39-23-36-29-26(31(39)42)13-18-40(29)28-11-7-8-16-35-28/h4-11,13,16,18,23,25,27,44H,12,14-15,17,19-22H2,1-3H3/t25-,27+/m1/s1. The van der Waals surface area contributed by atoms with Crippen LogP contribution in [0.3, 0.4) is 0 Å². The molecule has 0 aliphatic carbocycles. The van der Waals surface area contributed by atoms with E-state index in [1.807, 2.05) is 74.2 Å².